The number of amides is 4. The highest BCUT2D eigenvalue weighted by molar-refractivity contribution is 5.96. The molecule has 2 N–H and O–H groups in total. The summed E-state index contributed by atoms with van der Waals surface area (Å²) in [6.45, 7) is 8.54. The van der Waals surface area contributed by atoms with Crippen LogP contribution in [0.5, 0.6) is 0 Å². The van der Waals surface area contributed by atoms with Crippen LogP contribution in [0.15, 0.2) is 72.4 Å². The number of pyridine rings is 2. The number of anilines is 2. The van der Waals surface area contributed by atoms with E-state index in [1.165, 1.54) is 16.7 Å². The summed E-state index contributed by atoms with van der Waals surface area (Å²) in [6.07, 6.45) is 12.8. The van der Waals surface area contributed by atoms with Gasteiger partial charge in [-0.05, 0) is 67.4 Å². The van der Waals surface area contributed by atoms with Gasteiger partial charge in [0.15, 0.2) is 0 Å². The number of hydrogen-bond acceptors (Lipinski definition) is 7. The van der Waals surface area contributed by atoms with Crippen molar-refractivity contribution in [1.82, 2.24) is 19.8 Å². The number of aromatic nitrogens is 2. The lowest BCUT2D eigenvalue weighted by Gasteiger charge is -2.23. The molecule has 0 bridgehead atoms. The summed E-state index contributed by atoms with van der Waals surface area (Å²) in [7, 11) is 0. The Balaban J connectivity index is 0.00000294. The first kappa shape index (κ1) is 36.2. The van der Waals surface area contributed by atoms with Gasteiger partial charge in [0, 0.05) is 20.0 Å². The van der Waals surface area contributed by atoms with Gasteiger partial charge in [-0.25, -0.2) is 14.8 Å². The first-order chi connectivity index (χ1) is 22.8. The zero-order valence-corrected chi connectivity index (χ0v) is 27.6. The van der Waals surface area contributed by atoms with Crippen LogP contribution in [-0.2, 0) is 19.1 Å². The first-order valence-electron chi connectivity index (χ1n) is 16.1. The van der Waals surface area contributed by atoms with E-state index in [9.17, 15) is 19.2 Å². The fourth-order valence-corrected chi connectivity index (χ4v) is 4.76. The van der Waals surface area contributed by atoms with Crippen molar-refractivity contribution < 1.29 is 23.9 Å². The lowest BCUT2D eigenvalue weighted by molar-refractivity contribution is -0.132. The minimum Gasteiger partial charge on any atom is -0.445 e. The van der Waals surface area contributed by atoms with Crippen LogP contribution in [0.1, 0.15) is 71.2 Å². The number of unbranched alkanes of at least 4 members (excludes halogenated alkanes) is 1. The summed E-state index contributed by atoms with van der Waals surface area (Å²) >= 11 is 0. The zero-order chi connectivity index (χ0) is 34.0. The Morgan fingerprint density at radius 1 is 0.979 bits per heavy atom. The van der Waals surface area contributed by atoms with E-state index in [4.69, 9.17) is 4.74 Å². The fraction of sp³-hybridized carbons (Fsp3) is 0.389. The van der Waals surface area contributed by atoms with Crippen molar-refractivity contribution in [2.45, 2.75) is 65.8 Å². The molecule has 0 aromatic carbocycles. The predicted octanol–water partition coefficient (Wildman–Crippen LogP) is 5.47. The quantitative estimate of drug-likeness (QED) is 0.329. The predicted molar refractivity (Wildman–Crippen MR) is 182 cm³/mol. The molecule has 1 aliphatic carbocycles. The van der Waals surface area contributed by atoms with Crippen LogP contribution >= 0.6 is 0 Å². The van der Waals surface area contributed by atoms with Crippen LogP contribution in [-0.4, -0.2) is 75.9 Å². The Hall–Kier alpha value is -5.24. The van der Waals surface area contributed by atoms with Crippen LogP contribution in [0.2, 0.25) is 0 Å². The molecule has 11 heteroatoms. The molecular weight excluding hydrogens is 596 g/mol. The van der Waals surface area contributed by atoms with Gasteiger partial charge in [0.05, 0.1) is 6.54 Å². The second kappa shape index (κ2) is 19.3. The summed E-state index contributed by atoms with van der Waals surface area (Å²) in [5, 5.41) is 5.52. The molecule has 11 nitrogen and oxygen atoms in total. The number of ether oxygens (including phenoxy) is 1. The van der Waals surface area contributed by atoms with Crippen LogP contribution in [0, 0.1) is 11.8 Å². The second-order valence-electron chi connectivity index (χ2n) is 10.6. The Kier molecular flexibility index (Phi) is 14.9. The van der Waals surface area contributed by atoms with Gasteiger partial charge in [-0.2, -0.15) is 0 Å². The summed E-state index contributed by atoms with van der Waals surface area (Å²) in [4.78, 5) is 62.0. The molecule has 3 heterocycles. The molecule has 0 spiro atoms. The fourth-order valence-electron chi connectivity index (χ4n) is 4.76. The van der Waals surface area contributed by atoms with E-state index in [2.05, 4.69) is 32.4 Å². The van der Waals surface area contributed by atoms with Gasteiger partial charge < -0.3 is 20.3 Å². The van der Waals surface area contributed by atoms with Gasteiger partial charge in [0.2, 0.25) is 17.7 Å². The lowest BCUT2D eigenvalue weighted by Crippen LogP contribution is -2.43. The molecule has 0 radical (unpaired) electrons. The van der Waals surface area contributed by atoms with E-state index in [1.54, 1.807) is 36.4 Å². The molecule has 248 valence electrons. The normalized spacial score (nSPS) is 14.8. The molecule has 1 saturated heterocycles. The van der Waals surface area contributed by atoms with Crippen molar-refractivity contribution in [3.63, 3.8) is 0 Å². The maximum atomic E-state index is 13.1. The SMILES string of the molecule is CC.CCCCN(CC(=O)Nc1cccc(C#Cc2cccc(NC(=O)[C@@H]3CCCN3C(=O)OCC3=CC=CC=CC3)n2)n1)C(C)=O. The average molecular weight is 641 g/mol. The smallest absolute Gasteiger partial charge is 0.410 e. The van der Waals surface area contributed by atoms with Crippen molar-refractivity contribution in [3.8, 4) is 11.8 Å². The van der Waals surface area contributed by atoms with Crippen LogP contribution in [0.3, 0.4) is 0 Å². The molecule has 1 atom stereocenters. The number of nitrogens with zero attached hydrogens (tertiary/aromatic N) is 4. The highest BCUT2D eigenvalue weighted by atomic mass is 16.6. The van der Waals surface area contributed by atoms with Crippen LogP contribution < -0.4 is 10.6 Å². The number of nitrogens with one attached hydrogen (secondary N) is 2. The minimum absolute atomic E-state index is 0.0525. The number of hydrogen-bond donors (Lipinski definition) is 2. The van der Waals surface area contributed by atoms with Gasteiger partial charge in [-0.15, -0.1) is 0 Å². The Labute approximate surface area is 277 Å². The molecule has 0 saturated carbocycles. The molecule has 47 heavy (non-hydrogen) atoms. The van der Waals surface area contributed by atoms with E-state index in [1.807, 2.05) is 51.2 Å². The van der Waals surface area contributed by atoms with Crippen molar-refractivity contribution in [2.75, 3.05) is 36.9 Å². The number of likely N-dealkylation sites (tertiary alicyclic amines) is 1. The van der Waals surface area contributed by atoms with Gasteiger partial charge in [0.25, 0.3) is 0 Å². The third-order valence-electron chi connectivity index (χ3n) is 7.14. The van der Waals surface area contributed by atoms with Gasteiger partial charge in [0.1, 0.15) is 35.7 Å². The van der Waals surface area contributed by atoms with Gasteiger partial charge >= 0.3 is 6.09 Å². The van der Waals surface area contributed by atoms with Gasteiger partial charge in [-0.3, -0.25) is 19.3 Å². The number of carbonyl (C=O) groups excluding carboxylic acids is 4. The maximum absolute atomic E-state index is 13.1. The van der Waals surface area contributed by atoms with Crippen LogP contribution in [0.4, 0.5) is 16.4 Å². The summed E-state index contributed by atoms with van der Waals surface area (Å²) < 4.78 is 5.51. The molecule has 2 aromatic rings. The standard InChI is InChI=1S/C34H38N6O5.C2H6/c1-3-4-21-39(25(2)41)23-32(42)37-30-17-9-14-27(35-30)19-20-28-15-10-18-31(36-28)38-33(43)29-16-11-22-40(29)34(44)45-24-26-12-7-5-6-8-13-26;1-2/h5-10,12,14-15,17-18,29H,3-4,11,13,16,21-24H2,1-2H3,(H,35,37,42)(H,36,38,43);1-2H3/t29-;/m0./s1. The summed E-state index contributed by atoms with van der Waals surface area (Å²) in [5.74, 6) is 5.65. The van der Waals surface area contributed by atoms with Crippen molar-refractivity contribution in [1.29, 1.82) is 0 Å². The molecule has 1 fully saturated rings. The average Bonchev–Trinajstić information content (AvgIpc) is 3.43. The second-order valence-corrected chi connectivity index (χ2v) is 10.6. The largest absolute Gasteiger partial charge is 0.445 e. The van der Waals surface area contributed by atoms with E-state index in [0.29, 0.717) is 55.4 Å². The third kappa shape index (κ3) is 11.9. The third-order valence-corrected chi connectivity index (χ3v) is 7.14. The minimum atomic E-state index is -0.659. The van der Waals surface area contributed by atoms with Crippen molar-refractivity contribution >= 4 is 35.5 Å². The van der Waals surface area contributed by atoms with Gasteiger partial charge in [-0.1, -0.05) is 69.7 Å². The molecule has 2 aliphatic rings. The summed E-state index contributed by atoms with van der Waals surface area (Å²) in [5.41, 5.74) is 1.78. The highest BCUT2D eigenvalue weighted by Gasteiger charge is 2.35. The summed E-state index contributed by atoms with van der Waals surface area (Å²) in [6, 6.07) is 9.48. The monoisotopic (exact) mass is 640 g/mol. The maximum Gasteiger partial charge on any atom is 0.410 e. The topological polar surface area (TPSA) is 134 Å². The Bertz CT molecular complexity index is 1550. The molecule has 4 amide bonds. The molecule has 0 unspecified atom stereocenters. The van der Waals surface area contributed by atoms with E-state index < -0.39 is 12.1 Å². The number of rotatable bonds is 10. The lowest BCUT2D eigenvalue weighted by atomic mass is 10.2. The first-order valence-corrected chi connectivity index (χ1v) is 16.1. The van der Waals surface area contributed by atoms with Crippen molar-refractivity contribution in [3.05, 3.63) is 83.7 Å². The number of carbonyl (C=O) groups is 4. The molecule has 4 rings (SSSR count). The molecular formula is C36H44N6O5. The van der Waals surface area contributed by atoms with Crippen molar-refractivity contribution in [2.24, 2.45) is 0 Å². The number of allylic oxidation sites excluding steroid dienone is 5. The zero-order valence-electron chi connectivity index (χ0n) is 27.6. The van der Waals surface area contributed by atoms with Crippen LogP contribution in [0.25, 0.3) is 0 Å². The Morgan fingerprint density at radius 3 is 2.32 bits per heavy atom. The van der Waals surface area contributed by atoms with E-state index in [0.717, 1.165) is 18.4 Å². The highest BCUT2D eigenvalue weighted by Crippen LogP contribution is 2.21. The Morgan fingerprint density at radius 2 is 1.66 bits per heavy atom. The van der Waals surface area contributed by atoms with E-state index >= 15 is 0 Å². The van der Waals surface area contributed by atoms with E-state index in [-0.39, 0.29) is 30.9 Å². The molecule has 2 aromatic heterocycles. The molecule has 1 aliphatic heterocycles.